The van der Waals surface area contributed by atoms with E-state index in [0.717, 1.165) is 12.2 Å². The molecule has 0 unspecified atom stereocenters. The van der Waals surface area contributed by atoms with Crippen LogP contribution in [0.15, 0.2) is 41.0 Å². The summed E-state index contributed by atoms with van der Waals surface area (Å²) in [5.74, 6) is 0.0673. The molecule has 0 fully saturated rings. The first-order valence-electron chi connectivity index (χ1n) is 5.83. The molecule has 0 aliphatic heterocycles. The maximum atomic E-state index is 13.3. The third-order valence-electron chi connectivity index (χ3n) is 2.67. The minimum absolute atomic E-state index is 0.454. The van der Waals surface area contributed by atoms with Crippen molar-refractivity contribution in [2.24, 2.45) is 0 Å². The van der Waals surface area contributed by atoms with Crippen molar-refractivity contribution in [2.75, 3.05) is 6.54 Å². The van der Waals surface area contributed by atoms with Crippen LogP contribution in [0.1, 0.15) is 11.3 Å². The lowest BCUT2D eigenvalue weighted by Crippen LogP contribution is -2.16. The Hall–Kier alpha value is -2.21. The van der Waals surface area contributed by atoms with Gasteiger partial charge in [-0.1, -0.05) is 6.07 Å². The van der Waals surface area contributed by atoms with E-state index in [1.165, 1.54) is 12.1 Å². The van der Waals surface area contributed by atoms with Crippen LogP contribution >= 0.6 is 0 Å². The Balaban J connectivity index is 1.83. The first kappa shape index (κ1) is 13.2. The van der Waals surface area contributed by atoms with Crippen LogP contribution in [0, 0.1) is 15.9 Å². The normalized spacial score (nSPS) is 10.6. The Kier molecular flexibility index (Phi) is 4.25. The Morgan fingerprint density at radius 2 is 2.21 bits per heavy atom. The van der Waals surface area contributed by atoms with Crippen LogP contribution in [0.25, 0.3) is 0 Å². The third-order valence-corrected chi connectivity index (χ3v) is 2.67. The number of furan rings is 1. The van der Waals surface area contributed by atoms with Crippen molar-refractivity contribution in [1.82, 2.24) is 5.32 Å². The van der Waals surface area contributed by atoms with Crippen molar-refractivity contribution >= 4 is 5.69 Å². The average Bonchev–Trinajstić information content (AvgIpc) is 2.87. The molecule has 1 heterocycles. The summed E-state index contributed by atoms with van der Waals surface area (Å²) >= 11 is 0. The molecule has 0 atom stereocenters. The Morgan fingerprint density at radius 3 is 2.84 bits per heavy atom. The highest BCUT2D eigenvalue weighted by molar-refractivity contribution is 5.34. The van der Waals surface area contributed by atoms with E-state index in [1.54, 1.807) is 12.3 Å². The number of rotatable bonds is 6. The fourth-order valence-corrected chi connectivity index (χ4v) is 1.71. The first-order valence-corrected chi connectivity index (χ1v) is 5.83. The van der Waals surface area contributed by atoms with Gasteiger partial charge in [0.25, 0.3) is 0 Å². The highest BCUT2D eigenvalue weighted by Crippen LogP contribution is 2.17. The van der Waals surface area contributed by atoms with Gasteiger partial charge in [0.2, 0.25) is 5.82 Å². The van der Waals surface area contributed by atoms with Crippen LogP contribution in [0.2, 0.25) is 0 Å². The summed E-state index contributed by atoms with van der Waals surface area (Å²) < 4.78 is 18.5. The molecule has 0 bridgehead atoms. The van der Waals surface area contributed by atoms with Crippen molar-refractivity contribution in [3.63, 3.8) is 0 Å². The zero-order valence-corrected chi connectivity index (χ0v) is 10.1. The van der Waals surface area contributed by atoms with Crippen LogP contribution in [0.4, 0.5) is 10.1 Å². The van der Waals surface area contributed by atoms with E-state index in [2.05, 4.69) is 5.32 Å². The van der Waals surface area contributed by atoms with E-state index >= 15 is 0 Å². The molecule has 0 aliphatic carbocycles. The molecule has 19 heavy (non-hydrogen) atoms. The number of nitrogens with zero attached hydrogens (tertiary/aromatic N) is 1. The van der Waals surface area contributed by atoms with Crippen LogP contribution in [-0.4, -0.2) is 11.5 Å². The number of hydrogen-bond donors (Lipinski definition) is 1. The molecule has 6 heteroatoms. The summed E-state index contributed by atoms with van der Waals surface area (Å²) in [6.07, 6.45) is 2.35. The average molecular weight is 264 g/mol. The van der Waals surface area contributed by atoms with Gasteiger partial charge >= 0.3 is 5.69 Å². The van der Waals surface area contributed by atoms with Gasteiger partial charge in [-0.3, -0.25) is 10.1 Å². The third kappa shape index (κ3) is 3.62. The van der Waals surface area contributed by atoms with Crippen molar-refractivity contribution < 1.29 is 13.7 Å². The molecule has 0 aliphatic rings. The molecule has 100 valence electrons. The predicted molar refractivity (Wildman–Crippen MR) is 67.2 cm³/mol. The summed E-state index contributed by atoms with van der Waals surface area (Å²) in [6.45, 7) is 1.14. The first-order chi connectivity index (χ1) is 9.16. The van der Waals surface area contributed by atoms with Crippen molar-refractivity contribution in [1.29, 1.82) is 0 Å². The fourth-order valence-electron chi connectivity index (χ4n) is 1.71. The summed E-state index contributed by atoms with van der Waals surface area (Å²) in [7, 11) is 0. The number of nitro benzene ring substituents is 1. The molecule has 1 aromatic heterocycles. The zero-order valence-electron chi connectivity index (χ0n) is 10.1. The highest BCUT2D eigenvalue weighted by atomic mass is 19.1. The quantitative estimate of drug-likeness (QED) is 0.494. The van der Waals surface area contributed by atoms with Gasteiger partial charge in [-0.05, 0) is 23.8 Å². The number of nitro groups is 1. The number of halogens is 1. The predicted octanol–water partition coefficient (Wildman–Crippen LogP) is 2.66. The minimum atomic E-state index is -0.810. The summed E-state index contributed by atoms with van der Waals surface area (Å²) in [4.78, 5) is 9.73. The van der Waals surface area contributed by atoms with Gasteiger partial charge in [0.05, 0.1) is 11.2 Å². The molecular weight excluding hydrogens is 251 g/mol. The Bertz CT molecular complexity index is 555. The summed E-state index contributed by atoms with van der Waals surface area (Å²) in [6, 6.07) is 7.60. The maximum absolute atomic E-state index is 13.3. The van der Waals surface area contributed by atoms with Gasteiger partial charge in [-0.25, -0.2) is 0 Å². The van der Waals surface area contributed by atoms with Gasteiger partial charge in [-0.15, -0.1) is 0 Å². The largest absolute Gasteiger partial charge is 0.469 e. The van der Waals surface area contributed by atoms with Crippen LogP contribution in [0.5, 0.6) is 0 Å². The smallest absolute Gasteiger partial charge is 0.304 e. The summed E-state index contributed by atoms with van der Waals surface area (Å²) in [5.41, 5.74) is 0.168. The van der Waals surface area contributed by atoms with Crippen molar-refractivity contribution in [3.8, 4) is 0 Å². The lowest BCUT2D eigenvalue weighted by atomic mass is 10.2. The van der Waals surface area contributed by atoms with Crippen molar-refractivity contribution in [3.05, 3.63) is 63.9 Å². The molecule has 2 aromatic rings. The SMILES string of the molecule is O=[N+]([O-])c1ccc(CNCCc2ccco2)cc1F. The number of hydrogen-bond acceptors (Lipinski definition) is 4. The van der Waals surface area contributed by atoms with Gasteiger partial charge in [0, 0.05) is 25.6 Å². The van der Waals surface area contributed by atoms with Gasteiger partial charge in [0.1, 0.15) is 5.76 Å². The van der Waals surface area contributed by atoms with E-state index in [-0.39, 0.29) is 0 Å². The molecule has 0 saturated heterocycles. The molecule has 1 aromatic carbocycles. The van der Waals surface area contributed by atoms with Crippen LogP contribution in [-0.2, 0) is 13.0 Å². The molecule has 2 rings (SSSR count). The Labute approximate surface area is 109 Å². The van der Waals surface area contributed by atoms with Crippen molar-refractivity contribution in [2.45, 2.75) is 13.0 Å². The van der Waals surface area contributed by atoms with E-state index in [4.69, 9.17) is 4.42 Å². The molecule has 1 N–H and O–H groups in total. The topological polar surface area (TPSA) is 68.3 Å². The molecule has 0 spiro atoms. The molecule has 0 saturated carbocycles. The van der Waals surface area contributed by atoms with E-state index in [9.17, 15) is 14.5 Å². The van der Waals surface area contributed by atoms with E-state index in [1.807, 2.05) is 12.1 Å². The van der Waals surface area contributed by atoms with E-state index < -0.39 is 16.4 Å². The minimum Gasteiger partial charge on any atom is -0.469 e. The standard InChI is InChI=1S/C13H13FN2O3/c14-12-8-10(3-4-13(12)16(17)18)9-15-6-5-11-2-1-7-19-11/h1-4,7-8,15H,5-6,9H2. The van der Waals surface area contributed by atoms with Gasteiger partial charge in [-0.2, -0.15) is 4.39 Å². The van der Waals surface area contributed by atoms with E-state index in [0.29, 0.717) is 18.7 Å². The monoisotopic (exact) mass is 264 g/mol. The fraction of sp³-hybridized carbons (Fsp3) is 0.231. The zero-order chi connectivity index (χ0) is 13.7. The lowest BCUT2D eigenvalue weighted by Gasteiger charge is -2.04. The lowest BCUT2D eigenvalue weighted by molar-refractivity contribution is -0.387. The molecular formula is C13H13FN2O3. The van der Waals surface area contributed by atoms with Gasteiger partial charge < -0.3 is 9.73 Å². The Morgan fingerprint density at radius 1 is 1.37 bits per heavy atom. The highest BCUT2D eigenvalue weighted by Gasteiger charge is 2.13. The summed E-state index contributed by atoms with van der Waals surface area (Å²) in [5, 5.41) is 13.6. The number of benzene rings is 1. The van der Waals surface area contributed by atoms with Gasteiger partial charge in [0.15, 0.2) is 0 Å². The number of nitrogens with one attached hydrogen (secondary N) is 1. The molecule has 0 amide bonds. The second-order valence-electron chi connectivity index (χ2n) is 4.05. The van der Waals surface area contributed by atoms with Crippen LogP contribution < -0.4 is 5.32 Å². The van der Waals surface area contributed by atoms with Crippen LogP contribution in [0.3, 0.4) is 0 Å². The molecule has 0 radical (unpaired) electrons. The second-order valence-corrected chi connectivity index (χ2v) is 4.05. The maximum Gasteiger partial charge on any atom is 0.304 e. The second kappa shape index (κ2) is 6.10. The molecule has 5 nitrogen and oxygen atoms in total.